The fraction of sp³-hybridized carbons (Fsp3) is 0.133. The molecule has 1 N–H and O–H groups in total. The molecule has 1 atom stereocenters. The van der Waals surface area contributed by atoms with Crippen LogP contribution in [0.2, 0.25) is 10.0 Å². The minimum atomic E-state index is -0.739. The van der Waals surface area contributed by atoms with Gasteiger partial charge < -0.3 is 14.2 Å². The van der Waals surface area contributed by atoms with Crippen LogP contribution in [0.25, 0.3) is 11.1 Å². The van der Waals surface area contributed by atoms with E-state index >= 15 is 0 Å². The Morgan fingerprint density at radius 2 is 1.58 bits per heavy atom. The maximum absolute atomic E-state index is 12.5. The topological polar surface area (TPSA) is 69.2 Å². The quantitative estimate of drug-likeness (QED) is 0.168. The van der Waals surface area contributed by atoms with Crippen LogP contribution >= 0.6 is 23.2 Å². The molecule has 6 nitrogen and oxygen atoms in total. The number of carbonyl (C=O) groups is 1. The molecule has 8 heteroatoms. The summed E-state index contributed by atoms with van der Waals surface area (Å²) in [6, 6.07) is 28.2. The zero-order valence-corrected chi connectivity index (χ0v) is 22.4. The molecule has 1 unspecified atom stereocenters. The van der Waals surface area contributed by atoms with Crippen LogP contribution in [0.15, 0.2) is 96.1 Å². The minimum Gasteiger partial charge on any atom is -0.493 e. The van der Waals surface area contributed by atoms with Gasteiger partial charge in [-0.05, 0) is 66.1 Å². The summed E-state index contributed by atoms with van der Waals surface area (Å²) in [6.07, 6.45) is 0.771. The smallest absolute Gasteiger partial charge is 0.280 e. The van der Waals surface area contributed by atoms with Crippen LogP contribution in [-0.4, -0.2) is 25.3 Å². The Balaban J connectivity index is 1.31. The molecular weight excluding hydrogens is 523 g/mol. The van der Waals surface area contributed by atoms with Gasteiger partial charge in [-0.2, -0.15) is 5.10 Å². The Bertz CT molecular complexity index is 1390. The van der Waals surface area contributed by atoms with Gasteiger partial charge in [0.2, 0.25) is 0 Å². The van der Waals surface area contributed by atoms with Crippen molar-refractivity contribution in [1.29, 1.82) is 0 Å². The molecule has 4 aromatic rings. The van der Waals surface area contributed by atoms with Gasteiger partial charge in [0.1, 0.15) is 12.4 Å². The van der Waals surface area contributed by atoms with Crippen molar-refractivity contribution < 1.29 is 19.0 Å². The van der Waals surface area contributed by atoms with Gasteiger partial charge in [-0.3, -0.25) is 4.79 Å². The Morgan fingerprint density at radius 3 is 2.26 bits per heavy atom. The highest BCUT2D eigenvalue weighted by molar-refractivity contribution is 6.35. The second-order valence-corrected chi connectivity index (χ2v) is 9.10. The lowest BCUT2D eigenvalue weighted by Crippen LogP contribution is -2.33. The highest BCUT2D eigenvalue weighted by Crippen LogP contribution is 2.31. The van der Waals surface area contributed by atoms with Gasteiger partial charge in [0.25, 0.3) is 5.91 Å². The third-order valence-corrected chi connectivity index (χ3v) is 6.36. The van der Waals surface area contributed by atoms with E-state index in [1.165, 1.54) is 6.21 Å². The lowest BCUT2D eigenvalue weighted by Gasteiger charge is -2.14. The van der Waals surface area contributed by atoms with E-state index in [0.29, 0.717) is 38.4 Å². The standard InChI is InChI=1S/C30H26Cl2N2O4/c1-20(38-24-14-12-23(13-15-24)22-7-4-3-5-8-22)30(35)34-33-18-21-11-16-28(29(17-21)36-2)37-19-25-26(31)9-6-10-27(25)32/h3-18,20H,19H2,1-2H3,(H,34,35)/b33-18+. The second-order valence-electron chi connectivity index (χ2n) is 8.28. The van der Waals surface area contributed by atoms with Crippen molar-refractivity contribution >= 4 is 35.3 Å². The maximum Gasteiger partial charge on any atom is 0.280 e. The molecule has 1 amide bonds. The average Bonchev–Trinajstić information content (AvgIpc) is 2.94. The van der Waals surface area contributed by atoms with Crippen LogP contribution in [0.3, 0.4) is 0 Å². The second kappa shape index (κ2) is 13.0. The first kappa shape index (κ1) is 27.0. The van der Waals surface area contributed by atoms with E-state index in [9.17, 15) is 4.79 Å². The molecule has 194 valence electrons. The van der Waals surface area contributed by atoms with Gasteiger partial charge in [0.05, 0.1) is 13.3 Å². The van der Waals surface area contributed by atoms with Gasteiger partial charge in [-0.15, -0.1) is 0 Å². The normalized spacial score (nSPS) is 11.7. The summed E-state index contributed by atoms with van der Waals surface area (Å²) in [6.45, 7) is 1.85. The van der Waals surface area contributed by atoms with Crippen LogP contribution in [0, 0.1) is 0 Å². The monoisotopic (exact) mass is 548 g/mol. The van der Waals surface area contributed by atoms with Crippen LogP contribution in [-0.2, 0) is 11.4 Å². The molecular formula is C30H26Cl2N2O4. The number of hydrogen-bond acceptors (Lipinski definition) is 5. The van der Waals surface area contributed by atoms with Crippen LogP contribution in [0.4, 0.5) is 0 Å². The van der Waals surface area contributed by atoms with Crippen LogP contribution in [0.1, 0.15) is 18.1 Å². The van der Waals surface area contributed by atoms with E-state index in [1.807, 2.05) is 54.6 Å². The number of amides is 1. The number of ether oxygens (including phenoxy) is 3. The summed E-state index contributed by atoms with van der Waals surface area (Å²) in [4.78, 5) is 12.5. The molecule has 0 heterocycles. The number of nitrogens with one attached hydrogen (secondary N) is 1. The zero-order valence-electron chi connectivity index (χ0n) is 20.9. The largest absolute Gasteiger partial charge is 0.493 e. The van der Waals surface area contributed by atoms with Gasteiger partial charge in [-0.1, -0.05) is 71.7 Å². The Hall–Kier alpha value is -4.00. The van der Waals surface area contributed by atoms with E-state index in [1.54, 1.807) is 50.4 Å². The van der Waals surface area contributed by atoms with Crippen molar-refractivity contribution in [2.75, 3.05) is 7.11 Å². The van der Waals surface area contributed by atoms with Gasteiger partial charge in [-0.25, -0.2) is 5.43 Å². The highest BCUT2D eigenvalue weighted by atomic mass is 35.5. The maximum atomic E-state index is 12.5. The minimum absolute atomic E-state index is 0.186. The van der Waals surface area contributed by atoms with Crippen molar-refractivity contribution in [3.8, 4) is 28.4 Å². The first-order valence-electron chi connectivity index (χ1n) is 11.8. The zero-order chi connectivity index (χ0) is 26.9. The Morgan fingerprint density at radius 1 is 0.895 bits per heavy atom. The molecule has 0 saturated carbocycles. The molecule has 0 aliphatic heterocycles. The average molecular weight is 549 g/mol. The predicted molar refractivity (Wildman–Crippen MR) is 151 cm³/mol. The summed E-state index contributed by atoms with van der Waals surface area (Å²) < 4.78 is 17.1. The van der Waals surface area contributed by atoms with Gasteiger partial charge in [0, 0.05) is 15.6 Å². The third kappa shape index (κ3) is 7.06. The van der Waals surface area contributed by atoms with Crippen molar-refractivity contribution in [1.82, 2.24) is 5.43 Å². The highest BCUT2D eigenvalue weighted by Gasteiger charge is 2.14. The number of benzene rings is 4. The molecule has 4 aromatic carbocycles. The van der Waals surface area contributed by atoms with Crippen molar-refractivity contribution in [2.45, 2.75) is 19.6 Å². The molecule has 0 aromatic heterocycles. The first-order chi connectivity index (χ1) is 18.4. The van der Waals surface area contributed by atoms with E-state index in [4.69, 9.17) is 37.4 Å². The summed E-state index contributed by atoms with van der Waals surface area (Å²) in [5, 5.41) is 5.10. The third-order valence-electron chi connectivity index (χ3n) is 5.65. The summed E-state index contributed by atoms with van der Waals surface area (Å²) in [7, 11) is 1.54. The summed E-state index contributed by atoms with van der Waals surface area (Å²) in [5.41, 5.74) is 6.08. The number of carbonyl (C=O) groups excluding carboxylic acids is 1. The predicted octanol–water partition coefficient (Wildman–Crippen LogP) is 7.17. The number of halogens is 2. The van der Waals surface area contributed by atoms with Crippen LogP contribution in [0.5, 0.6) is 17.2 Å². The van der Waals surface area contributed by atoms with Crippen molar-refractivity contribution in [3.63, 3.8) is 0 Å². The number of hydrogen-bond donors (Lipinski definition) is 1. The first-order valence-corrected chi connectivity index (χ1v) is 12.6. The van der Waals surface area contributed by atoms with E-state index < -0.39 is 6.10 Å². The number of methoxy groups -OCH3 is 1. The van der Waals surface area contributed by atoms with Gasteiger partial charge >= 0.3 is 0 Å². The lowest BCUT2D eigenvalue weighted by atomic mass is 10.1. The van der Waals surface area contributed by atoms with E-state index in [2.05, 4.69) is 10.5 Å². The fourth-order valence-corrected chi connectivity index (χ4v) is 4.09. The SMILES string of the molecule is COc1cc(/C=N/NC(=O)C(C)Oc2ccc(-c3ccccc3)cc2)ccc1OCc1c(Cl)cccc1Cl. The fourth-order valence-electron chi connectivity index (χ4n) is 3.58. The van der Waals surface area contributed by atoms with Crippen molar-refractivity contribution in [3.05, 3.63) is 112 Å². The Kier molecular flexibility index (Phi) is 9.25. The van der Waals surface area contributed by atoms with Gasteiger partial charge in [0.15, 0.2) is 17.6 Å². The number of hydrazone groups is 1. The molecule has 0 aliphatic carbocycles. The molecule has 0 bridgehead atoms. The Labute approximate surface area is 231 Å². The van der Waals surface area contributed by atoms with E-state index in [0.717, 1.165) is 11.1 Å². The number of nitrogens with zero attached hydrogens (tertiary/aromatic N) is 1. The summed E-state index contributed by atoms with van der Waals surface area (Å²) in [5.74, 6) is 1.23. The van der Waals surface area contributed by atoms with Crippen LogP contribution < -0.4 is 19.6 Å². The van der Waals surface area contributed by atoms with Crippen molar-refractivity contribution in [2.24, 2.45) is 5.10 Å². The number of rotatable bonds is 10. The molecule has 0 saturated heterocycles. The molecule has 0 fully saturated rings. The van der Waals surface area contributed by atoms with E-state index in [-0.39, 0.29) is 12.5 Å². The molecule has 4 rings (SSSR count). The molecule has 0 radical (unpaired) electrons. The lowest BCUT2D eigenvalue weighted by molar-refractivity contribution is -0.127. The molecule has 0 spiro atoms. The molecule has 0 aliphatic rings. The summed E-state index contributed by atoms with van der Waals surface area (Å²) >= 11 is 12.4. The molecule has 38 heavy (non-hydrogen) atoms.